The summed E-state index contributed by atoms with van der Waals surface area (Å²) in [6.45, 7) is 6.99. The lowest BCUT2D eigenvalue weighted by Crippen LogP contribution is -2.32. The molecule has 6 nitrogen and oxygen atoms in total. The van der Waals surface area contributed by atoms with Crippen molar-refractivity contribution >= 4 is 16.9 Å². The Balaban J connectivity index is 1.53. The Bertz CT molecular complexity index is 928. The van der Waals surface area contributed by atoms with Crippen molar-refractivity contribution in [3.63, 3.8) is 0 Å². The lowest BCUT2D eigenvalue weighted by Gasteiger charge is -2.25. The van der Waals surface area contributed by atoms with Gasteiger partial charge >= 0.3 is 0 Å². The molecule has 1 fully saturated rings. The monoisotopic (exact) mass is 379 g/mol. The molecule has 0 N–H and O–H groups in total. The van der Waals surface area contributed by atoms with Gasteiger partial charge < -0.3 is 9.47 Å². The minimum Gasteiger partial charge on any atom is -0.333 e. The fourth-order valence-electron chi connectivity index (χ4n) is 4.21. The van der Waals surface area contributed by atoms with E-state index in [1.807, 2.05) is 23.0 Å². The SMILES string of the molecule is CC(C)Cn1c([C@H]2CCCN2C(=O)CCCn2cccn2)nc2ccccc21. The van der Waals surface area contributed by atoms with Gasteiger partial charge in [0.2, 0.25) is 5.91 Å². The standard InChI is InChI=1S/C22H29N5O/c1-17(2)16-27-19-9-4-3-8-18(19)24-22(27)20-10-5-15-26(20)21(28)11-6-13-25-14-7-12-23-25/h3-4,7-9,12,14,17,20H,5-6,10-11,13,15-16H2,1-2H3/t20-/m1/s1. The number of likely N-dealkylation sites (tertiary alicyclic amines) is 1. The molecule has 3 aromatic rings. The highest BCUT2D eigenvalue weighted by molar-refractivity contribution is 5.78. The molecule has 0 unspecified atom stereocenters. The molecule has 148 valence electrons. The van der Waals surface area contributed by atoms with Crippen LogP contribution in [0.5, 0.6) is 0 Å². The second-order valence-electron chi connectivity index (χ2n) is 8.08. The number of nitrogens with zero attached hydrogens (tertiary/aromatic N) is 5. The van der Waals surface area contributed by atoms with Crippen molar-refractivity contribution in [3.8, 4) is 0 Å². The van der Waals surface area contributed by atoms with Gasteiger partial charge in [0, 0.05) is 38.4 Å². The molecule has 0 radical (unpaired) electrons. The summed E-state index contributed by atoms with van der Waals surface area (Å²) < 4.78 is 4.22. The number of hydrogen-bond acceptors (Lipinski definition) is 3. The molecule has 0 saturated carbocycles. The van der Waals surface area contributed by atoms with Crippen LogP contribution in [0.3, 0.4) is 0 Å². The Labute approximate surface area is 166 Å². The van der Waals surface area contributed by atoms with E-state index in [4.69, 9.17) is 4.98 Å². The summed E-state index contributed by atoms with van der Waals surface area (Å²) in [6.07, 6.45) is 7.12. The molecule has 0 bridgehead atoms. The number of aryl methyl sites for hydroxylation is 1. The molecule has 1 aliphatic heterocycles. The lowest BCUT2D eigenvalue weighted by atomic mass is 10.1. The number of hydrogen-bond donors (Lipinski definition) is 0. The van der Waals surface area contributed by atoms with E-state index in [0.29, 0.717) is 12.3 Å². The number of rotatable bonds is 7. The minimum atomic E-state index is 0.0864. The third-order valence-electron chi connectivity index (χ3n) is 5.44. The van der Waals surface area contributed by atoms with E-state index >= 15 is 0 Å². The van der Waals surface area contributed by atoms with Crippen LogP contribution in [-0.4, -0.2) is 36.7 Å². The van der Waals surface area contributed by atoms with Crippen molar-refractivity contribution in [1.29, 1.82) is 0 Å². The molecule has 0 aliphatic carbocycles. The topological polar surface area (TPSA) is 56.0 Å². The summed E-state index contributed by atoms with van der Waals surface area (Å²) in [7, 11) is 0. The number of carbonyl (C=O) groups excluding carboxylic acids is 1. The zero-order valence-corrected chi connectivity index (χ0v) is 16.8. The zero-order valence-electron chi connectivity index (χ0n) is 16.8. The van der Waals surface area contributed by atoms with Crippen molar-refractivity contribution in [3.05, 3.63) is 48.5 Å². The van der Waals surface area contributed by atoms with E-state index in [2.05, 4.69) is 46.6 Å². The van der Waals surface area contributed by atoms with Crippen molar-refractivity contribution < 1.29 is 4.79 Å². The molecule has 28 heavy (non-hydrogen) atoms. The van der Waals surface area contributed by atoms with Gasteiger partial charge in [-0.05, 0) is 43.4 Å². The molecule has 1 amide bonds. The van der Waals surface area contributed by atoms with Gasteiger partial charge in [0.1, 0.15) is 5.82 Å². The molecular formula is C22H29N5O. The van der Waals surface area contributed by atoms with E-state index in [-0.39, 0.29) is 11.9 Å². The van der Waals surface area contributed by atoms with Gasteiger partial charge in [0.05, 0.1) is 17.1 Å². The van der Waals surface area contributed by atoms with Crippen molar-refractivity contribution in [2.75, 3.05) is 6.54 Å². The summed E-state index contributed by atoms with van der Waals surface area (Å²) in [4.78, 5) is 20.0. The number of carbonyl (C=O) groups is 1. The van der Waals surface area contributed by atoms with E-state index < -0.39 is 0 Å². The minimum absolute atomic E-state index is 0.0864. The highest BCUT2D eigenvalue weighted by Gasteiger charge is 2.33. The predicted octanol–water partition coefficient (Wildman–Crippen LogP) is 4.03. The maximum absolute atomic E-state index is 13.0. The molecule has 3 heterocycles. The molecule has 1 aromatic carbocycles. The van der Waals surface area contributed by atoms with Gasteiger partial charge in [0.25, 0.3) is 0 Å². The Morgan fingerprint density at radius 3 is 2.89 bits per heavy atom. The maximum atomic E-state index is 13.0. The van der Waals surface area contributed by atoms with Gasteiger partial charge in [0.15, 0.2) is 0 Å². The first-order valence-corrected chi connectivity index (χ1v) is 10.4. The molecular weight excluding hydrogens is 350 g/mol. The van der Waals surface area contributed by atoms with Gasteiger partial charge in [-0.25, -0.2) is 4.98 Å². The maximum Gasteiger partial charge on any atom is 0.223 e. The molecule has 0 spiro atoms. The second-order valence-corrected chi connectivity index (χ2v) is 8.08. The number of fused-ring (bicyclic) bond motifs is 1. The number of aromatic nitrogens is 4. The van der Waals surface area contributed by atoms with Crippen molar-refractivity contribution in [2.45, 2.75) is 58.7 Å². The van der Waals surface area contributed by atoms with Crippen LogP contribution in [0.2, 0.25) is 0 Å². The summed E-state index contributed by atoms with van der Waals surface area (Å²) in [5.74, 6) is 1.81. The first-order chi connectivity index (χ1) is 13.6. The fourth-order valence-corrected chi connectivity index (χ4v) is 4.21. The van der Waals surface area contributed by atoms with E-state index in [0.717, 1.165) is 50.2 Å². The summed E-state index contributed by atoms with van der Waals surface area (Å²) in [5.41, 5.74) is 2.19. The Hall–Kier alpha value is -2.63. The Morgan fingerprint density at radius 2 is 2.11 bits per heavy atom. The van der Waals surface area contributed by atoms with Crippen molar-refractivity contribution in [1.82, 2.24) is 24.2 Å². The van der Waals surface area contributed by atoms with Crippen LogP contribution in [-0.2, 0) is 17.9 Å². The van der Waals surface area contributed by atoms with Gasteiger partial charge in [-0.3, -0.25) is 9.48 Å². The Morgan fingerprint density at radius 1 is 1.25 bits per heavy atom. The summed E-state index contributed by atoms with van der Waals surface area (Å²) in [6, 6.07) is 10.3. The van der Waals surface area contributed by atoms with E-state index in [1.54, 1.807) is 6.20 Å². The summed E-state index contributed by atoms with van der Waals surface area (Å²) in [5, 5.41) is 4.21. The quantitative estimate of drug-likeness (QED) is 0.623. The van der Waals surface area contributed by atoms with Crippen LogP contribution in [0, 0.1) is 5.92 Å². The smallest absolute Gasteiger partial charge is 0.223 e. The number of amides is 1. The van der Waals surface area contributed by atoms with Crippen LogP contribution in [0.4, 0.5) is 0 Å². The van der Waals surface area contributed by atoms with Crippen LogP contribution in [0.25, 0.3) is 11.0 Å². The van der Waals surface area contributed by atoms with Crippen molar-refractivity contribution in [2.24, 2.45) is 5.92 Å². The van der Waals surface area contributed by atoms with Gasteiger partial charge in [-0.2, -0.15) is 5.10 Å². The van der Waals surface area contributed by atoms with Crippen LogP contribution in [0.1, 0.15) is 51.4 Å². The Kier molecular flexibility index (Phi) is 5.46. The number of benzene rings is 1. The third kappa shape index (κ3) is 3.81. The molecule has 4 rings (SSSR count). The van der Waals surface area contributed by atoms with E-state index in [9.17, 15) is 4.79 Å². The van der Waals surface area contributed by atoms with E-state index in [1.165, 1.54) is 5.52 Å². The molecule has 1 atom stereocenters. The largest absolute Gasteiger partial charge is 0.333 e. The predicted molar refractivity (Wildman–Crippen MR) is 110 cm³/mol. The number of imidazole rings is 1. The van der Waals surface area contributed by atoms with Crippen LogP contribution >= 0.6 is 0 Å². The highest BCUT2D eigenvalue weighted by Crippen LogP contribution is 2.34. The molecule has 6 heteroatoms. The molecule has 1 saturated heterocycles. The average molecular weight is 380 g/mol. The fraction of sp³-hybridized carbons (Fsp3) is 0.500. The first kappa shape index (κ1) is 18.7. The van der Waals surface area contributed by atoms with Gasteiger partial charge in [-0.1, -0.05) is 26.0 Å². The lowest BCUT2D eigenvalue weighted by molar-refractivity contribution is -0.132. The average Bonchev–Trinajstić information content (AvgIpc) is 3.41. The molecule has 2 aromatic heterocycles. The second kappa shape index (κ2) is 8.17. The third-order valence-corrected chi connectivity index (χ3v) is 5.44. The number of para-hydroxylation sites is 2. The molecule has 1 aliphatic rings. The zero-order chi connectivity index (χ0) is 19.5. The highest BCUT2D eigenvalue weighted by atomic mass is 16.2. The van der Waals surface area contributed by atoms with Crippen LogP contribution in [0.15, 0.2) is 42.7 Å². The van der Waals surface area contributed by atoms with Crippen LogP contribution < -0.4 is 0 Å². The van der Waals surface area contributed by atoms with Gasteiger partial charge in [-0.15, -0.1) is 0 Å². The normalized spacial score (nSPS) is 17.1. The first-order valence-electron chi connectivity index (χ1n) is 10.4. The summed E-state index contributed by atoms with van der Waals surface area (Å²) >= 11 is 0.